The molecule has 1 heterocycles. The molecule has 0 bridgehead atoms. The lowest BCUT2D eigenvalue weighted by Crippen LogP contribution is -2.24. The minimum atomic E-state index is -0.133. The van der Waals surface area contributed by atoms with Crippen LogP contribution in [-0.2, 0) is 4.79 Å². The van der Waals surface area contributed by atoms with Crippen LogP contribution in [0.5, 0.6) is 5.75 Å². The number of hydrogen-bond acceptors (Lipinski definition) is 5. The Bertz CT molecular complexity index is 1000. The Morgan fingerprint density at radius 2 is 2.04 bits per heavy atom. The number of nitrogens with zero attached hydrogens (tertiary/aromatic N) is 2. The molecule has 2 aromatic carbocycles. The molecule has 0 aliphatic heterocycles. The number of methoxy groups -OCH3 is 1. The summed E-state index contributed by atoms with van der Waals surface area (Å²) in [6.07, 6.45) is 0. The molecule has 0 atom stereocenters. The summed E-state index contributed by atoms with van der Waals surface area (Å²) in [7, 11) is 1.59. The lowest BCUT2D eigenvalue weighted by Gasteiger charge is -2.14. The van der Waals surface area contributed by atoms with Crippen LogP contribution in [0.25, 0.3) is 16.6 Å². The van der Waals surface area contributed by atoms with E-state index in [1.165, 1.54) is 18.7 Å². The van der Waals surface area contributed by atoms with Crippen LogP contribution in [0.1, 0.15) is 6.92 Å². The van der Waals surface area contributed by atoms with Crippen LogP contribution < -0.4 is 15.6 Å². The van der Waals surface area contributed by atoms with Gasteiger partial charge >= 0.3 is 0 Å². The number of nitrogens with one attached hydrogen (secondary N) is 1. The van der Waals surface area contributed by atoms with E-state index in [0.717, 1.165) is 0 Å². The predicted molar refractivity (Wildman–Crippen MR) is 103 cm³/mol. The van der Waals surface area contributed by atoms with E-state index in [9.17, 15) is 9.59 Å². The fourth-order valence-electron chi connectivity index (χ4n) is 2.56. The molecule has 0 unspecified atom stereocenters. The second-order valence-corrected chi connectivity index (χ2v) is 6.65. The molecule has 3 aromatic rings. The van der Waals surface area contributed by atoms with Crippen LogP contribution in [0.3, 0.4) is 0 Å². The lowest BCUT2D eigenvalue weighted by atomic mass is 10.2. The van der Waals surface area contributed by atoms with Gasteiger partial charge in [-0.05, 0) is 24.3 Å². The number of thioether (sulfide) groups is 1. The quantitative estimate of drug-likeness (QED) is 0.411. The first-order valence-corrected chi connectivity index (χ1v) is 9.12. The maximum absolute atomic E-state index is 13.1. The number of rotatable bonds is 6. The summed E-state index contributed by atoms with van der Waals surface area (Å²) in [6.45, 7) is 1.98. The summed E-state index contributed by atoms with van der Waals surface area (Å²) in [5.41, 5.74) is 1.21. The fourth-order valence-corrected chi connectivity index (χ4v) is 3.42. The topological polar surface area (TPSA) is 73.2 Å². The van der Waals surface area contributed by atoms with E-state index in [0.29, 0.717) is 39.8 Å². The molecule has 0 radical (unpaired) electrons. The number of fused-ring (bicyclic) bond motifs is 1. The molecule has 26 heavy (non-hydrogen) atoms. The van der Waals surface area contributed by atoms with E-state index in [1.807, 2.05) is 36.4 Å². The third-order valence-corrected chi connectivity index (χ3v) is 4.70. The average molecular weight is 369 g/mol. The van der Waals surface area contributed by atoms with Crippen molar-refractivity contribution in [3.05, 3.63) is 58.9 Å². The van der Waals surface area contributed by atoms with Crippen LogP contribution >= 0.6 is 11.8 Å². The molecule has 1 amide bonds. The molecule has 1 N–H and O–H groups in total. The molecule has 1 aromatic heterocycles. The molecule has 0 fully saturated rings. The Morgan fingerprint density at radius 3 is 2.81 bits per heavy atom. The van der Waals surface area contributed by atoms with E-state index in [-0.39, 0.29) is 11.5 Å². The van der Waals surface area contributed by atoms with Crippen LogP contribution in [-0.4, -0.2) is 34.9 Å². The van der Waals surface area contributed by atoms with Crippen LogP contribution in [0.15, 0.2) is 58.5 Å². The molecule has 6 nitrogen and oxygen atoms in total. The first-order valence-electron chi connectivity index (χ1n) is 8.13. The first-order chi connectivity index (χ1) is 12.6. The average Bonchev–Trinajstić information content (AvgIpc) is 2.65. The number of para-hydroxylation sites is 1. The second kappa shape index (κ2) is 8.05. The number of ether oxygens (including phenoxy) is 1. The molecular weight excluding hydrogens is 350 g/mol. The van der Waals surface area contributed by atoms with Crippen molar-refractivity contribution < 1.29 is 9.53 Å². The molecule has 134 valence electrons. The molecule has 3 rings (SSSR count). The zero-order valence-corrected chi connectivity index (χ0v) is 15.4. The van der Waals surface area contributed by atoms with E-state index >= 15 is 0 Å². The minimum Gasteiger partial charge on any atom is -0.497 e. The van der Waals surface area contributed by atoms with Gasteiger partial charge in [-0.3, -0.25) is 14.2 Å². The Labute approximate surface area is 155 Å². The van der Waals surface area contributed by atoms with Gasteiger partial charge in [0.05, 0.1) is 23.7 Å². The van der Waals surface area contributed by atoms with Gasteiger partial charge in [-0.2, -0.15) is 0 Å². The van der Waals surface area contributed by atoms with Crippen molar-refractivity contribution in [2.75, 3.05) is 19.4 Å². The smallest absolute Gasteiger partial charge is 0.266 e. The number of carbonyl (C=O) groups excluding carboxylic acids is 1. The molecule has 0 saturated heterocycles. The van der Waals surface area contributed by atoms with E-state index in [2.05, 4.69) is 10.3 Å². The maximum Gasteiger partial charge on any atom is 0.266 e. The van der Waals surface area contributed by atoms with Gasteiger partial charge < -0.3 is 10.1 Å². The summed E-state index contributed by atoms with van der Waals surface area (Å²) in [4.78, 5) is 28.8. The van der Waals surface area contributed by atoms with Crippen LogP contribution in [0.4, 0.5) is 0 Å². The van der Waals surface area contributed by atoms with Crippen LogP contribution in [0.2, 0.25) is 0 Å². The van der Waals surface area contributed by atoms with Gasteiger partial charge in [0, 0.05) is 25.3 Å². The molecule has 0 aliphatic rings. The summed E-state index contributed by atoms with van der Waals surface area (Å²) in [6, 6.07) is 14.6. The fraction of sp³-hybridized carbons (Fsp3) is 0.211. The van der Waals surface area contributed by atoms with Crippen molar-refractivity contribution in [3.63, 3.8) is 0 Å². The van der Waals surface area contributed by atoms with Gasteiger partial charge in [-0.25, -0.2) is 4.98 Å². The van der Waals surface area contributed by atoms with Crippen LogP contribution in [0, 0.1) is 0 Å². The van der Waals surface area contributed by atoms with Crippen molar-refractivity contribution in [1.29, 1.82) is 0 Å². The third-order valence-electron chi connectivity index (χ3n) is 3.76. The number of carbonyl (C=O) groups is 1. The van der Waals surface area contributed by atoms with Gasteiger partial charge in [0.1, 0.15) is 5.75 Å². The SMILES string of the molecule is COc1cccc(-n2c(SCCNC(C)=O)nc3ccccc3c2=O)c1. The number of benzene rings is 2. The summed E-state index contributed by atoms with van der Waals surface area (Å²) in [5, 5.41) is 3.88. The van der Waals surface area contributed by atoms with E-state index in [1.54, 1.807) is 23.8 Å². The minimum absolute atomic E-state index is 0.0812. The summed E-state index contributed by atoms with van der Waals surface area (Å²) in [5.74, 6) is 1.19. The van der Waals surface area contributed by atoms with Gasteiger partial charge in [0.25, 0.3) is 5.56 Å². The standard InChI is InChI=1S/C19H19N3O3S/c1-13(23)20-10-11-26-19-21-17-9-4-3-8-16(17)18(24)22(19)14-6-5-7-15(12-14)25-2/h3-9,12H,10-11H2,1-2H3,(H,20,23). The van der Waals surface area contributed by atoms with Crippen molar-refractivity contribution in [3.8, 4) is 11.4 Å². The van der Waals surface area contributed by atoms with Crippen molar-refractivity contribution in [2.24, 2.45) is 0 Å². The highest BCUT2D eigenvalue weighted by Crippen LogP contribution is 2.23. The Hall–Kier alpha value is -2.80. The Kier molecular flexibility index (Phi) is 5.58. The van der Waals surface area contributed by atoms with Gasteiger partial charge in [0.2, 0.25) is 5.91 Å². The molecule has 7 heteroatoms. The predicted octanol–water partition coefficient (Wildman–Crippen LogP) is 2.62. The third kappa shape index (κ3) is 3.88. The number of hydrogen-bond donors (Lipinski definition) is 1. The van der Waals surface area contributed by atoms with Crippen molar-refractivity contribution >= 4 is 28.6 Å². The Morgan fingerprint density at radius 1 is 1.23 bits per heavy atom. The maximum atomic E-state index is 13.1. The first kappa shape index (κ1) is 18.0. The number of amides is 1. The van der Waals surface area contributed by atoms with Gasteiger partial charge in [-0.1, -0.05) is 30.0 Å². The molecular formula is C19H19N3O3S. The molecule has 0 aliphatic carbocycles. The lowest BCUT2D eigenvalue weighted by molar-refractivity contribution is -0.118. The van der Waals surface area contributed by atoms with E-state index in [4.69, 9.17) is 4.74 Å². The number of aromatic nitrogens is 2. The summed E-state index contributed by atoms with van der Waals surface area (Å²) >= 11 is 1.42. The summed E-state index contributed by atoms with van der Waals surface area (Å²) < 4.78 is 6.86. The highest BCUT2D eigenvalue weighted by Gasteiger charge is 2.13. The zero-order chi connectivity index (χ0) is 18.5. The van der Waals surface area contributed by atoms with E-state index < -0.39 is 0 Å². The van der Waals surface area contributed by atoms with Gasteiger partial charge in [-0.15, -0.1) is 0 Å². The second-order valence-electron chi connectivity index (χ2n) is 5.58. The largest absolute Gasteiger partial charge is 0.497 e. The van der Waals surface area contributed by atoms with Gasteiger partial charge in [0.15, 0.2) is 5.16 Å². The highest BCUT2D eigenvalue weighted by atomic mass is 32.2. The highest BCUT2D eigenvalue weighted by molar-refractivity contribution is 7.99. The normalized spacial score (nSPS) is 10.7. The molecule has 0 spiro atoms. The van der Waals surface area contributed by atoms with Crippen molar-refractivity contribution in [1.82, 2.24) is 14.9 Å². The molecule has 0 saturated carbocycles. The Balaban J connectivity index is 2.08. The zero-order valence-electron chi connectivity index (χ0n) is 14.6. The van der Waals surface area contributed by atoms with Crippen molar-refractivity contribution in [2.45, 2.75) is 12.1 Å². The monoisotopic (exact) mass is 369 g/mol.